The van der Waals surface area contributed by atoms with Crippen LogP contribution in [0.4, 0.5) is 0 Å². The molecule has 2 aliphatic rings. The average Bonchev–Trinajstić information content (AvgIpc) is 2.97. The van der Waals surface area contributed by atoms with Crippen molar-refractivity contribution >= 4 is 11.8 Å². The van der Waals surface area contributed by atoms with E-state index in [1.54, 1.807) is 0 Å². The van der Waals surface area contributed by atoms with Crippen molar-refractivity contribution in [1.82, 2.24) is 4.90 Å². The molecule has 1 fully saturated rings. The number of fused-ring (bicyclic) bond motifs is 1. The standard InChI is InChI=1S/C13H13NO2/c1-7-5-8(2)11-10(6-7)12(15)14(13(11)16)9-3-4-9/h5-6,9H,3-4H2,1-2H3. The first-order chi connectivity index (χ1) is 7.59. The van der Waals surface area contributed by atoms with Crippen molar-refractivity contribution in [3.05, 3.63) is 34.4 Å². The Balaban J connectivity index is 2.18. The Morgan fingerprint density at radius 3 is 2.44 bits per heavy atom. The Labute approximate surface area is 94.1 Å². The van der Waals surface area contributed by atoms with Crippen LogP contribution >= 0.6 is 0 Å². The molecule has 0 N–H and O–H groups in total. The molecular weight excluding hydrogens is 202 g/mol. The van der Waals surface area contributed by atoms with E-state index >= 15 is 0 Å². The van der Waals surface area contributed by atoms with E-state index in [4.69, 9.17) is 0 Å². The molecule has 1 aliphatic heterocycles. The highest BCUT2D eigenvalue weighted by Gasteiger charge is 2.44. The molecule has 2 amide bonds. The fourth-order valence-corrected chi connectivity index (χ4v) is 2.43. The second kappa shape index (κ2) is 2.94. The van der Waals surface area contributed by atoms with Crippen molar-refractivity contribution in [3.63, 3.8) is 0 Å². The van der Waals surface area contributed by atoms with Crippen LogP contribution in [0.1, 0.15) is 44.7 Å². The molecule has 0 unspecified atom stereocenters. The minimum Gasteiger partial charge on any atom is -0.271 e. The number of imide groups is 1. The molecule has 16 heavy (non-hydrogen) atoms. The fraction of sp³-hybridized carbons (Fsp3) is 0.385. The van der Waals surface area contributed by atoms with Crippen LogP contribution in [0.15, 0.2) is 12.1 Å². The van der Waals surface area contributed by atoms with E-state index in [1.165, 1.54) is 4.90 Å². The molecule has 0 atom stereocenters. The van der Waals surface area contributed by atoms with Crippen LogP contribution in [0, 0.1) is 13.8 Å². The molecule has 1 aromatic rings. The second-order valence-electron chi connectivity index (χ2n) is 4.72. The zero-order valence-corrected chi connectivity index (χ0v) is 9.41. The number of hydrogen-bond donors (Lipinski definition) is 0. The van der Waals surface area contributed by atoms with E-state index in [2.05, 4.69) is 0 Å². The van der Waals surface area contributed by atoms with Gasteiger partial charge in [-0.25, -0.2) is 0 Å². The lowest BCUT2D eigenvalue weighted by Crippen LogP contribution is -2.31. The van der Waals surface area contributed by atoms with Crippen molar-refractivity contribution in [2.75, 3.05) is 0 Å². The highest BCUT2D eigenvalue weighted by molar-refractivity contribution is 6.22. The topological polar surface area (TPSA) is 37.4 Å². The molecule has 1 saturated carbocycles. The average molecular weight is 215 g/mol. The van der Waals surface area contributed by atoms with Crippen LogP contribution < -0.4 is 0 Å². The highest BCUT2D eigenvalue weighted by Crippen LogP contribution is 2.36. The van der Waals surface area contributed by atoms with Crippen LogP contribution in [-0.2, 0) is 0 Å². The van der Waals surface area contributed by atoms with Gasteiger partial charge in [0.05, 0.1) is 11.1 Å². The first-order valence-electron chi connectivity index (χ1n) is 5.58. The molecule has 1 aromatic carbocycles. The predicted molar refractivity (Wildman–Crippen MR) is 59.4 cm³/mol. The molecule has 0 aromatic heterocycles. The molecule has 3 heteroatoms. The van der Waals surface area contributed by atoms with Crippen LogP contribution in [0.5, 0.6) is 0 Å². The number of carbonyl (C=O) groups excluding carboxylic acids is 2. The zero-order valence-electron chi connectivity index (χ0n) is 9.41. The van der Waals surface area contributed by atoms with Gasteiger partial charge in [-0.05, 0) is 38.3 Å². The van der Waals surface area contributed by atoms with E-state index in [-0.39, 0.29) is 17.9 Å². The quantitative estimate of drug-likeness (QED) is 0.672. The Morgan fingerprint density at radius 2 is 1.81 bits per heavy atom. The number of nitrogens with zero attached hydrogens (tertiary/aromatic N) is 1. The van der Waals surface area contributed by atoms with E-state index in [0.717, 1.165) is 24.0 Å². The minimum absolute atomic E-state index is 0.0972. The predicted octanol–water partition coefficient (Wildman–Crippen LogP) is 2.06. The normalized spacial score (nSPS) is 19.2. The maximum Gasteiger partial charge on any atom is 0.262 e. The summed E-state index contributed by atoms with van der Waals surface area (Å²) in [4.78, 5) is 25.7. The molecule has 0 saturated heterocycles. The molecule has 0 radical (unpaired) electrons. The van der Waals surface area contributed by atoms with Gasteiger partial charge in [0.15, 0.2) is 0 Å². The van der Waals surface area contributed by atoms with Gasteiger partial charge in [-0.3, -0.25) is 14.5 Å². The molecular formula is C13H13NO2. The summed E-state index contributed by atoms with van der Waals surface area (Å²) < 4.78 is 0. The van der Waals surface area contributed by atoms with E-state index in [1.807, 2.05) is 26.0 Å². The Kier molecular flexibility index (Phi) is 1.76. The monoisotopic (exact) mass is 215 g/mol. The van der Waals surface area contributed by atoms with E-state index < -0.39 is 0 Å². The summed E-state index contributed by atoms with van der Waals surface area (Å²) in [7, 11) is 0. The van der Waals surface area contributed by atoms with Gasteiger partial charge in [0, 0.05) is 6.04 Å². The lowest BCUT2D eigenvalue weighted by molar-refractivity contribution is 0.0642. The van der Waals surface area contributed by atoms with Crippen LogP contribution in [-0.4, -0.2) is 22.8 Å². The van der Waals surface area contributed by atoms with Crippen molar-refractivity contribution in [2.45, 2.75) is 32.7 Å². The first-order valence-corrected chi connectivity index (χ1v) is 5.58. The van der Waals surface area contributed by atoms with Crippen LogP contribution in [0.3, 0.4) is 0 Å². The molecule has 3 rings (SSSR count). The van der Waals surface area contributed by atoms with Gasteiger partial charge < -0.3 is 0 Å². The molecule has 1 aliphatic carbocycles. The van der Waals surface area contributed by atoms with Crippen LogP contribution in [0.25, 0.3) is 0 Å². The SMILES string of the molecule is Cc1cc(C)c2c(c1)C(=O)N(C1CC1)C2=O. The minimum atomic E-state index is -0.102. The van der Waals surface area contributed by atoms with Crippen molar-refractivity contribution < 1.29 is 9.59 Å². The van der Waals surface area contributed by atoms with Crippen LogP contribution in [0.2, 0.25) is 0 Å². The number of benzene rings is 1. The van der Waals surface area contributed by atoms with E-state index in [9.17, 15) is 9.59 Å². The maximum atomic E-state index is 12.1. The summed E-state index contributed by atoms with van der Waals surface area (Å²) in [6.07, 6.45) is 1.92. The number of amides is 2. The first kappa shape index (κ1) is 9.58. The van der Waals surface area contributed by atoms with Gasteiger partial charge in [0.1, 0.15) is 0 Å². The molecule has 0 spiro atoms. The summed E-state index contributed by atoms with van der Waals surface area (Å²) in [5.41, 5.74) is 3.16. The third-order valence-electron chi connectivity index (χ3n) is 3.27. The molecule has 82 valence electrons. The lowest BCUT2D eigenvalue weighted by Gasteiger charge is -2.11. The highest BCUT2D eigenvalue weighted by atomic mass is 16.2. The van der Waals surface area contributed by atoms with Gasteiger partial charge in [0.25, 0.3) is 11.8 Å². The van der Waals surface area contributed by atoms with Gasteiger partial charge in [-0.2, -0.15) is 0 Å². The Hall–Kier alpha value is -1.64. The summed E-state index contributed by atoms with van der Waals surface area (Å²) >= 11 is 0. The summed E-state index contributed by atoms with van der Waals surface area (Å²) in [5.74, 6) is -0.200. The molecule has 0 bridgehead atoms. The van der Waals surface area contributed by atoms with Crippen molar-refractivity contribution in [1.29, 1.82) is 0 Å². The lowest BCUT2D eigenvalue weighted by atomic mass is 10.0. The zero-order chi connectivity index (χ0) is 11.4. The largest absolute Gasteiger partial charge is 0.271 e. The van der Waals surface area contributed by atoms with Gasteiger partial charge >= 0.3 is 0 Å². The third kappa shape index (κ3) is 1.14. The number of rotatable bonds is 1. The summed E-state index contributed by atoms with van der Waals surface area (Å²) in [6.45, 7) is 3.85. The molecule has 3 nitrogen and oxygen atoms in total. The van der Waals surface area contributed by atoms with E-state index in [0.29, 0.717) is 11.1 Å². The fourth-order valence-electron chi connectivity index (χ4n) is 2.43. The smallest absolute Gasteiger partial charge is 0.262 e. The van der Waals surface area contributed by atoms with Gasteiger partial charge in [0.2, 0.25) is 0 Å². The molecule has 1 heterocycles. The van der Waals surface area contributed by atoms with Crippen molar-refractivity contribution in [2.24, 2.45) is 0 Å². The summed E-state index contributed by atoms with van der Waals surface area (Å²) in [6, 6.07) is 3.94. The number of carbonyl (C=O) groups is 2. The van der Waals surface area contributed by atoms with Gasteiger partial charge in [-0.15, -0.1) is 0 Å². The van der Waals surface area contributed by atoms with Crippen molar-refractivity contribution in [3.8, 4) is 0 Å². The third-order valence-corrected chi connectivity index (χ3v) is 3.27. The second-order valence-corrected chi connectivity index (χ2v) is 4.72. The maximum absolute atomic E-state index is 12.1. The Morgan fingerprint density at radius 1 is 1.12 bits per heavy atom. The summed E-state index contributed by atoms with van der Waals surface area (Å²) in [5, 5.41) is 0. The number of hydrogen-bond acceptors (Lipinski definition) is 2. The number of aryl methyl sites for hydroxylation is 2. The van der Waals surface area contributed by atoms with Gasteiger partial charge in [-0.1, -0.05) is 11.6 Å². The Bertz CT molecular complexity index is 515.